The van der Waals surface area contributed by atoms with Crippen molar-refractivity contribution in [3.8, 4) is 0 Å². The third-order valence-corrected chi connectivity index (χ3v) is 14.6. The van der Waals surface area contributed by atoms with Gasteiger partial charge in [0.2, 0.25) is 0 Å². The second kappa shape index (κ2) is 12.6. The van der Waals surface area contributed by atoms with Crippen LogP contribution in [0.25, 0.3) is 0 Å². The Labute approximate surface area is 276 Å². The highest BCUT2D eigenvalue weighted by atomic mass is 16.7. The molecule has 4 aliphatic carbocycles. The molecule has 0 amide bonds. The summed E-state index contributed by atoms with van der Waals surface area (Å²) in [5.74, 6) is -0.166. The van der Waals surface area contributed by atoms with Gasteiger partial charge >= 0.3 is 0 Å². The summed E-state index contributed by atoms with van der Waals surface area (Å²) in [7, 11) is 0. The summed E-state index contributed by atoms with van der Waals surface area (Å²) in [5, 5.41) is 77.3. The zero-order valence-corrected chi connectivity index (χ0v) is 29.5. The van der Waals surface area contributed by atoms with Gasteiger partial charge in [0.15, 0.2) is 6.29 Å². The van der Waals surface area contributed by atoms with Gasteiger partial charge in [0.1, 0.15) is 24.4 Å². The molecule has 5 rings (SSSR count). The molecule has 1 aliphatic heterocycles. The number of hydrogen-bond donors (Lipinski definition) is 7. The lowest BCUT2D eigenvalue weighted by atomic mass is 9.34. The molecule has 7 N–H and O–H groups in total. The van der Waals surface area contributed by atoms with Crippen molar-refractivity contribution in [2.24, 2.45) is 45.3 Å². The summed E-state index contributed by atoms with van der Waals surface area (Å²) in [6, 6.07) is 0. The van der Waals surface area contributed by atoms with Crippen molar-refractivity contribution in [3.63, 3.8) is 0 Å². The maximum Gasteiger partial charge on any atom is 0.186 e. The van der Waals surface area contributed by atoms with Crippen molar-refractivity contribution in [3.05, 3.63) is 11.6 Å². The van der Waals surface area contributed by atoms with Gasteiger partial charge in [-0.05, 0) is 124 Å². The molecule has 0 bridgehead atoms. The lowest BCUT2D eigenvalue weighted by Crippen LogP contribution is -2.71. The molecule has 5 aliphatic rings. The fourth-order valence-electron chi connectivity index (χ4n) is 12.1. The lowest BCUT2D eigenvalue weighted by molar-refractivity contribution is -0.346. The third kappa shape index (κ3) is 5.65. The molecule has 5 fully saturated rings. The Balaban J connectivity index is 1.51. The second-order valence-corrected chi connectivity index (χ2v) is 17.8. The van der Waals surface area contributed by atoms with Gasteiger partial charge in [0.25, 0.3) is 0 Å². The van der Waals surface area contributed by atoms with E-state index in [1.807, 2.05) is 6.92 Å². The van der Waals surface area contributed by atoms with Gasteiger partial charge < -0.3 is 45.2 Å². The van der Waals surface area contributed by atoms with E-state index in [0.717, 1.165) is 32.1 Å². The van der Waals surface area contributed by atoms with Crippen molar-refractivity contribution in [1.29, 1.82) is 0 Å². The molecule has 266 valence electrons. The van der Waals surface area contributed by atoms with E-state index in [-0.39, 0.29) is 39.9 Å². The molecule has 9 nitrogen and oxygen atoms in total. The van der Waals surface area contributed by atoms with Crippen LogP contribution in [0.1, 0.15) is 113 Å². The topological polar surface area (TPSA) is 160 Å². The normalized spacial score (nSPS) is 51.4. The maximum atomic E-state index is 12.1. The fraction of sp³-hybridized carbons (Fsp3) is 0.946. The van der Waals surface area contributed by atoms with Gasteiger partial charge in [0, 0.05) is 0 Å². The van der Waals surface area contributed by atoms with E-state index >= 15 is 0 Å². The van der Waals surface area contributed by atoms with Crippen LogP contribution in [-0.4, -0.2) is 97.0 Å². The van der Waals surface area contributed by atoms with Crippen molar-refractivity contribution >= 4 is 0 Å². The lowest BCUT2D eigenvalue weighted by Gasteiger charge is -2.72. The Bertz CT molecular complexity index is 1120. The summed E-state index contributed by atoms with van der Waals surface area (Å²) in [4.78, 5) is 0. The Morgan fingerprint density at radius 1 is 0.935 bits per heavy atom. The standard InChI is InChI=1S/C37H64O9/c1-20(2)11-9-10-14-37(8,44)21-12-16-35(6)27(21)22(39)17-25-34(5)15-13-26(40)33(3,4)31(34)23(18-36(25,35)7)45-32-30(43)29(42)28(41)24(19-38)46-32/h11,21-32,38-44H,9-10,12-19H2,1-8H3. The number of fused-ring (bicyclic) bond motifs is 5. The molecule has 0 aromatic carbocycles. The van der Waals surface area contributed by atoms with Crippen LogP contribution >= 0.6 is 0 Å². The Morgan fingerprint density at radius 2 is 1.61 bits per heavy atom. The molecule has 0 aromatic heterocycles. The largest absolute Gasteiger partial charge is 0.394 e. The molecule has 16 unspecified atom stereocenters. The molecule has 46 heavy (non-hydrogen) atoms. The van der Waals surface area contributed by atoms with Crippen LogP contribution in [0, 0.1) is 45.3 Å². The van der Waals surface area contributed by atoms with Gasteiger partial charge in [-0.25, -0.2) is 0 Å². The number of hydrogen-bond acceptors (Lipinski definition) is 9. The van der Waals surface area contributed by atoms with E-state index in [2.05, 4.69) is 54.5 Å². The molecular weight excluding hydrogens is 588 g/mol. The van der Waals surface area contributed by atoms with Crippen molar-refractivity contribution in [2.75, 3.05) is 6.61 Å². The Kier molecular flexibility index (Phi) is 10.0. The number of aliphatic hydroxyl groups is 7. The zero-order valence-electron chi connectivity index (χ0n) is 29.5. The van der Waals surface area contributed by atoms with Gasteiger partial charge in [-0.3, -0.25) is 0 Å². The summed E-state index contributed by atoms with van der Waals surface area (Å²) in [6.07, 6.45) is 0.542. The summed E-state index contributed by atoms with van der Waals surface area (Å²) >= 11 is 0. The first-order chi connectivity index (χ1) is 21.3. The number of rotatable bonds is 8. The molecule has 0 aromatic rings. The molecule has 0 radical (unpaired) electrons. The number of aliphatic hydroxyl groups excluding tert-OH is 6. The van der Waals surface area contributed by atoms with E-state index in [4.69, 9.17) is 9.47 Å². The third-order valence-electron chi connectivity index (χ3n) is 14.6. The first kappa shape index (κ1) is 36.7. The summed E-state index contributed by atoms with van der Waals surface area (Å²) in [6.45, 7) is 16.7. The number of allylic oxidation sites excluding steroid dienone is 2. The minimum Gasteiger partial charge on any atom is -0.394 e. The van der Waals surface area contributed by atoms with Crippen LogP contribution in [0.15, 0.2) is 11.6 Å². The first-order valence-corrected chi connectivity index (χ1v) is 17.9. The van der Waals surface area contributed by atoms with E-state index in [9.17, 15) is 35.7 Å². The molecular formula is C37H64O9. The molecule has 1 heterocycles. The summed E-state index contributed by atoms with van der Waals surface area (Å²) < 4.78 is 12.6. The van der Waals surface area contributed by atoms with Crippen LogP contribution in [0.5, 0.6) is 0 Å². The molecule has 4 saturated carbocycles. The van der Waals surface area contributed by atoms with Crippen LogP contribution in [0.4, 0.5) is 0 Å². The minimum atomic E-state index is -1.54. The average molecular weight is 653 g/mol. The molecule has 9 heteroatoms. The van der Waals surface area contributed by atoms with E-state index in [1.165, 1.54) is 5.57 Å². The van der Waals surface area contributed by atoms with Gasteiger partial charge in [0.05, 0.1) is 30.5 Å². The highest BCUT2D eigenvalue weighted by Crippen LogP contribution is 2.76. The van der Waals surface area contributed by atoms with Gasteiger partial charge in [-0.15, -0.1) is 0 Å². The molecule has 16 atom stereocenters. The second-order valence-electron chi connectivity index (χ2n) is 17.8. The first-order valence-electron chi connectivity index (χ1n) is 17.9. The van der Waals surface area contributed by atoms with E-state index < -0.39 is 66.6 Å². The minimum absolute atomic E-state index is 0.0445. The quantitative estimate of drug-likeness (QED) is 0.118. The highest BCUT2D eigenvalue weighted by Gasteiger charge is 2.73. The van der Waals surface area contributed by atoms with E-state index in [0.29, 0.717) is 25.7 Å². The fourth-order valence-corrected chi connectivity index (χ4v) is 12.1. The van der Waals surface area contributed by atoms with Crippen LogP contribution in [-0.2, 0) is 9.47 Å². The predicted molar refractivity (Wildman–Crippen MR) is 174 cm³/mol. The zero-order chi connectivity index (χ0) is 34.2. The van der Waals surface area contributed by atoms with E-state index in [1.54, 1.807) is 0 Å². The molecule has 0 spiro atoms. The molecule has 1 saturated heterocycles. The van der Waals surface area contributed by atoms with Gasteiger partial charge in [-0.1, -0.05) is 46.3 Å². The number of ether oxygens (including phenoxy) is 2. The highest BCUT2D eigenvalue weighted by molar-refractivity contribution is 5.22. The van der Waals surface area contributed by atoms with Crippen LogP contribution in [0.3, 0.4) is 0 Å². The van der Waals surface area contributed by atoms with Crippen LogP contribution in [0.2, 0.25) is 0 Å². The SMILES string of the molecule is CC(C)=CCCCC(C)(O)C1CCC2(C)C1C(O)CC1C3(C)CCC(O)C(C)(C)C3C(OC3OC(CO)C(O)C(O)C3O)CC12C. The Morgan fingerprint density at radius 3 is 2.24 bits per heavy atom. The average Bonchev–Trinajstić information content (AvgIpc) is 3.35. The number of unbranched alkanes of at least 4 members (excludes halogenated alkanes) is 1. The van der Waals surface area contributed by atoms with Crippen molar-refractivity contribution in [1.82, 2.24) is 0 Å². The van der Waals surface area contributed by atoms with Crippen LogP contribution < -0.4 is 0 Å². The Hall–Kier alpha value is -0.620. The van der Waals surface area contributed by atoms with Gasteiger partial charge in [-0.2, -0.15) is 0 Å². The maximum absolute atomic E-state index is 12.1. The monoisotopic (exact) mass is 652 g/mol. The summed E-state index contributed by atoms with van der Waals surface area (Å²) in [5.41, 5.74) is -1.14. The van der Waals surface area contributed by atoms with Crippen molar-refractivity contribution < 1.29 is 45.2 Å². The van der Waals surface area contributed by atoms with Crippen molar-refractivity contribution in [2.45, 2.75) is 168 Å². The predicted octanol–water partition coefficient (Wildman–Crippen LogP) is 3.69. The smallest absolute Gasteiger partial charge is 0.186 e.